The number of ether oxygens (including phenoxy) is 1. The molecular weight excluding hydrogens is 252 g/mol. The lowest BCUT2D eigenvalue weighted by Crippen LogP contribution is -1.95. The van der Waals surface area contributed by atoms with Gasteiger partial charge in [0.05, 0.1) is 5.69 Å². The van der Waals surface area contributed by atoms with E-state index in [-0.39, 0.29) is 0 Å². The van der Waals surface area contributed by atoms with Crippen LogP contribution in [0.5, 0.6) is 5.75 Å². The van der Waals surface area contributed by atoms with Crippen LogP contribution >= 0.6 is 0 Å². The summed E-state index contributed by atoms with van der Waals surface area (Å²) in [5, 5.41) is 1.19. The van der Waals surface area contributed by atoms with Crippen LogP contribution in [-0.4, -0.2) is 9.97 Å². The van der Waals surface area contributed by atoms with E-state index in [1.165, 1.54) is 16.6 Å². The number of benzene rings is 1. The minimum atomic E-state index is 0.350. The molecule has 0 fully saturated rings. The van der Waals surface area contributed by atoms with Gasteiger partial charge in [-0.1, -0.05) is 0 Å². The lowest BCUT2D eigenvalue weighted by Gasteiger charge is -2.04. The SMILES string of the molecule is Cc1nc(COc2ccc3[nH]c(C)c(C)c3c2)oc1C. The van der Waals surface area contributed by atoms with Crippen LogP contribution in [0.15, 0.2) is 22.6 Å². The fraction of sp³-hybridized carbons (Fsp3) is 0.312. The van der Waals surface area contributed by atoms with Crippen LogP contribution in [0.2, 0.25) is 0 Å². The van der Waals surface area contributed by atoms with Crippen molar-refractivity contribution < 1.29 is 9.15 Å². The second kappa shape index (κ2) is 4.71. The van der Waals surface area contributed by atoms with E-state index in [1.54, 1.807) is 0 Å². The third-order valence-electron chi connectivity index (χ3n) is 3.71. The zero-order valence-corrected chi connectivity index (χ0v) is 12.2. The number of aromatic nitrogens is 2. The van der Waals surface area contributed by atoms with E-state index in [1.807, 2.05) is 26.0 Å². The first kappa shape index (κ1) is 12.8. The fourth-order valence-electron chi connectivity index (χ4n) is 2.28. The predicted molar refractivity (Wildman–Crippen MR) is 78.1 cm³/mol. The molecule has 4 nitrogen and oxygen atoms in total. The Morgan fingerprint density at radius 2 is 2.00 bits per heavy atom. The molecule has 3 aromatic rings. The highest BCUT2D eigenvalue weighted by Crippen LogP contribution is 2.26. The van der Waals surface area contributed by atoms with Gasteiger partial charge < -0.3 is 14.1 Å². The standard InChI is InChI=1S/C16H18N2O2/c1-9-10(2)17-15-6-5-13(7-14(9)15)19-8-16-18-11(3)12(4)20-16/h5-7,17H,8H2,1-4H3. The second-order valence-corrected chi connectivity index (χ2v) is 5.12. The Hall–Kier alpha value is -2.23. The van der Waals surface area contributed by atoms with E-state index in [4.69, 9.17) is 9.15 Å². The number of fused-ring (bicyclic) bond motifs is 1. The fourth-order valence-corrected chi connectivity index (χ4v) is 2.28. The Kier molecular flexibility index (Phi) is 3.01. The highest BCUT2D eigenvalue weighted by atomic mass is 16.5. The Bertz CT molecular complexity index is 749. The van der Waals surface area contributed by atoms with Crippen LogP contribution in [0.4, 0.5) is 0 Å². The molecule has 0 atom stereocenters. The molecule has 2 heterocycles. The van der Waals surface area contributed by atoms with Crippen molar-refractivity contribution in [3.05, 3.63) is 46.8 Å². The number of oxazole rings is 1. The minimum Gasteiger partial charge on any atom is -0.484 e. The second-order valence-electron chi connectivity index (χ2n) is 5.12. The molecule has 0 saturated heterocycles. The summed E-state index contributed by atoms with van der Waals surface area (Å²) >= 11 is 0. The van der Waals surface area contributed by atoms with Gasteiger partial charge in [-0.05, 0) is 51.5 Å². The van der Waals surface area contributed by atoms with Crippen LogP contribution < -0.4 is 4.74 Å². The van der Waals surface area contributed by atoms with Crippen molar-refractivity contribution in [1.29, 1.82) is 0 Å². The van der Waals surface area contributed by atoms with Crippen molar-refractivity contribution >= 4 is 10.9 Å². The number of nitrogens with zero attached hydrogens (tertiary/aromatic N) is 1. The van der Waals surface area contributed by atoms with E-state index in [9.17, 15) is 0 Å². The van der Waals surface area contributed by atoms with Crippen LogP contribution in [0.3, 0.4) is 0 Å². The normalized spacial score (nSPS) is 11.2. The van der Waals surface area contributed by atoms with Crippen molar-refractivity contribution in [1.82, 2.24) is 9.97 Å². The topological polar surface area (TPSA) is 51.0 Å². The summed E-state index contributed by atoms with van der Waals surface area (Å²) in [6.45, 7) is 8.37. The molecule has 1 aromatic carbocycles. The van der Waals surface area contributed by atoms with E-state index >= 15 is 0 Å². The quantitative estimate of drug-likeness (QED) is 0.783. The maximum atomic E-state index is 5.76. The lowest BCUT2D eigenvalue weighted by atomic mass is 10.1. The number of aryl methyl sites for hydroxylation is 4. The van der Waals surface area contributed by atoms with Gasteiger partial charge in [-0.3, -0.25) is 0 Å². The van der Waals surface area contributed by atoms with Crippen molar-refractivity contribution in [3.63, 3.8) is 0 Å². The largest absolute Gasteiger partial charge is 0.484 e. The molecule has 0 bridgehead atoms. The van der Waals surface area contributed by atoms with Crippen LogP contribution in [0, 0.1) is 27.7 Å². The zero-order chi connectivity index (χ0) is 14.3. The van der Waals surface area contributed by atoms with Gasteiger partial charge in [0, 0.05) is 16.6 Å². The van der Waals surface area contributed by atoms with Gasteiger partial charge in [-0.2, -0.15) is 0 Å². The number of hydrogen-bond donors (Lipinski definition) is 1. The van der Waals surface area contributed by atoms with E-state index in [0.717, 1.165) is 22.7 Å². The monoisotopic (exact) mass is 270 g/mol. The Morgan fingerprint density at radius 1 is 1.20 bits per heavy atom. The third kappa shape index (κ3) is 2.18. The van der Waals surface area contributed by atoms with Gasteiger partial charge in [0.15, 0.2) is 6.61 Å². The first-order valence-electron chi connectivity index (χ1n) is 6.69. The van der Waals surface area contributed by atoms with E-state index in [0.29, 0.717) is 12.5 Å². The van der Waals surface area contributed by atoms with Crippen LogP contribution in [0.1, 0.15) is 28.6 Å². The van der Waals surface area contributed by atoms with Gasteiger partial charge in [0.1, 0.15) is 11.5 Å². The predicted octanol–water partition coefficient (Wildman–Crippen LogP) is 3.97. The van der Waals surface area contributed by atoms with Gasteiger partial charge in [-0.15, -0.1) is 0 Å². The molecule has 0 radical (unpaired) electrons. The Labute approximate surface area is 117 Å². The van der Waals surface area contributed by atoms with Crippen molar-refractivity contribution in [3.8, 4) is 5.75 Å². The Morgan fingerprint density at radius 3 is 2.70 bits per heavy atom. The zero-order valence-electron chi connectivity index (χ0n) is 12.2. The van der Waals surface area contributed by atoms with Gasteiger partial charge in [0.25, 0.3) is 0 Å². The summed E-state index contributed by atoms with van der Waals surface area (Å²) in [4.78, 5) is 7.66. The summed E-state index contributed by atoms with van der Waals surface area (Å²) in [5.74, 6) is 2.28. The summed E-state index contributed by atoms with van der Waals surface area (Å²) < 4.78 is 11.3. The summed E-state index contributed by atoms with van der Waals surface area (Å²) in [6.07, 6.45) is 0. The highest BCUT2D eigenvalue weighted by Gasteiger charge is 2.08. The van der Waals surface area contributed by atoms with Crippen LogP contribution in [0.25, 0.3) is 10.9 Å². The maximum absolute atomic E-state index is 5.76. The highest BCUT2D eigenvalue weighted by molar-refractivity contribution is 5.85. The molecule has 104 valence electrons. The molecule has 0 unspecified atom stereocenters. The lowest BCUT2D eigenvalue weighted by molar-refractivity contribution is 0.260. The average Bonchev–Trinajstić information content (AvgIpc) is 2.89. The smallest absolute Gasteiger partial charge is 0.232 e. The molecule has 2 aromatic heterocycles. The number of nitrogens with one attached hydrogen (secondary N) is 1. The average molecular weight is 270 g/mol. The van der Waals surface area contributed by atoms with E-state index in [2.05, 4.69) is 29.9 Å². The molecule has 0 aliphatic heterocycles. The molecule has 3 rings (SSSR count). The number of H-pyrrole nitrogens is 1. The van der Waals surface area contributed by atoms with Crippen molar-refractivity contribution in [2.24, 2.45) is 0 Å². The molecule has 4 heteroatoms. The summed E-state index contributed by atoms with van der Waals surface area (Å²) in [7, 11) is 0. The molecular formula is C16H18N2O2. The Balaban J connectivity index is 1.82. The van der Waals surface area contributed by atoms with Gasteiger partial charge in [-0.25, -0.2) is 4.98 Å². The molecule has 0 spiro atoms. The minimum absolute atomic E-state index is 0.350. The molecule has 1 N–H and O–H groups in total. The number of hydrogen-bond acceptors (Lipinski definition) is 3. The summed E-state index contributed by atoms with van der Waals surface area (Å²) in [5.41, 5.74) is 4.50. The van der Waals surface area contributed by atoms with Gasteiger partial charge in [0.2, 0.25) is 5.89 Å². The first-order valence-corrected chi connectivity index (χ1v) is 6.69. The molecule has 0 amide bonds. The first-order chi connectivity index (χ1) is 9.54. The third-order valence-corrected chi connectivity index (χ3v) is 3.71. The van der Waals surface area contributed by atoms with Crippen molar-refractivity contribution in [2.75, 3.05) is 0 Å². The molecule has 0 aliphatic rings. The number of rotatable bonds is 3. The van der Waals surface area contributed by atoms with E-state index < -0.39 is 0 Å². The van der Waals surface area contributed by atoms with Gasteiger partial charge >= 0.3 is 0 Å². The molecule has 20 heavy (non-hydrogen) atoms. The van der Waals surface area contributed by atoms with Crippen molar-refractivity contribution in [2.45, 2.75) is 34.3 Å². The molecule has 0 aliphatic carbocycles. The maximum Gasteiger partial charge on any atom is 0.232 e. The van der Waals surface area contributed by atoms with Crippen LogP contribution in [-0.2, 0) is 6.61 Å². The molecule has 0 saturated carbocycles. The summed E-state index contributed by atoms with van der Waals surface area (Å²) in [6, 6.07) is 6.05. The number of aromatic amines is 1.